The number of aromatic hydroxyl groups is 1. The van der Waals surface area contributed by atoms with E-state index in [1.807, 2.05) is 0 Å². The summed E-state index contributed by atoms with van der Waals surface area (Å²) in [7, 11) is 0. The van der Waals surface area contributed by atoms with E-state index in [4.69, 9.17) is 5.11 Å². The summed E-state index contributed by atoms with van der Waals surface area (Å²) in [4.78, 5) is 11.4. The van der Waals surface area contributed by atoms with Crippen LogP contribution in [0.5, 0.6) is 5.75 Å². The van der Waals surface area contributed by atoms with Crippen LogP contribution >= 0.6 is 0 Å². The van der Waals surface area contributed by atoms with Gasteiger partial charge < -0.3 is 10.4 Å². The van der Waals surface area contributed by atoms with E-state index in [1.165, 1.54) is 12.1 Å². The maximum Gasteiger partial charge on any atom is 0.252 e. The van der Waals surface area contributed by atoms with Crippen molar-refractivity contribution >= 4 is 5.91 Å². The summed E-state index contributed by atoms with van der Waals surface area (Å²) in [5.41, 5.74) is 0.515. The number of nitrogens with one attached hydrogen (secondary N) is 1. The molecule has 0 unspecified atom stereocenters. The van der Waals surface area contributed by atoms with Crippen molar-refractivity contribution in [2.24, 2.45) is 0 Å². The van der Waals surface area contributed by atoms with Crippen LogP contribution in [-0.4, -0.2) is 17.6 Å². The van der Waals surface area contributed by atoms with E-state index in [2.05, 4.69) is 17.2 Å². The largest absolute Gasteiger partial charge is 0.508 e. The summed E-state index contributed by atoms with van der Waals surface area (Å²) in [6, 6.07) is 6.06. The van der Waals surface area contributed by atoms with Crippen molar-refractivity contribution in [3.05, 3.63) is 29.8 Å². The highest BCUT2D eigenvalue weighted by Gasteiger charge is 2.02. The maximum atomic E-state index is 11.4. The second-order valence-corrected chi connectivity index (χ2v) is 2.66. The number of carbonyl (C=O) groups is 1. The first kappa shape index (κ1) is 10.1. The van der Waals surface area contributed by atoms with Gasteiger partial charge in [-0.25, -0.2) is 0 Å². The molecule has 0 saturated heterocycles. The third kappa shape index (κ3) is 2.83. The van der Waals surface area contributed by atoms with E-state index in [0.29, 0.717) is 12.1 Å². The molecule has 0 aliphatic heterocycles. The Hall–Kier alpha value is -1.95. The van der Waals surface area contributed by atoms with Gasteiger partial charge in [0, 0.05) is 5.56 Å². The van der Waals surface area contributed by atoms with Crippen molar-refractivity contribution in [2.45, 2.75) is 6.92 Å². The highest BCUT2D eigenvalue weighted by molar-refractivity contribution is 5.94. The van der Waals surface area contributed by atoms with E-state index in [0.717, 1.165) is 0 Å². The van der Waals surface area contributed by atoms with Gasteiger partial charge in [-0.1, -0.05) is 5.92 Å². The van der Waals surface area contributed by atoms with Crippen molar-refractivity contribution in [2.75, 3.05) is 6.54 Å². The fraction of sp³-hybridized carbons (Fsp3) is 0.182. The average Bonchev–Trinajstić information content (AvgIpc) is 2.19. The molecule has 0 saturated carbocycles. The Kier molecular flexibility index (Phi) is 3.57. The molecular weight excluding hydrogens is 178 g/mol. The van der Waals surface area contributed by atoms with Gasteiger partial charge in [-0.3, -0.25) is 4.79 Å². The zero-order chi connectivity index (χ0) is 10.4. The highest BCUT2D eigenvalue weighted by Crippen LogP contribution is 2.08. The lowest BCUT2D eigenvalue weighted by Crippen LogP contribution is -2.23. The molecule has 0 radical (unpaired) electrons. The molecule has 1 aromatic rings. The van der Waals surface area contributed by atoms with Gasteiger partial charge in [-0.15, -0.1) is 5.92 Å². The summed E-state index contributed by atoms with van der Waals surface area (Å²) < 4.78 is 0. The molecule has 0 bridgehead atoms. The monoisotopic (exact) mass is 189 g/mol. The van der Waals surface area contributed by atoms with Gasteiger partial charge in [0.2, 0.25) is 0 Å². The Balaban J connectivity index is 2.59. The van der Waals surface area contributed by atoms with Gasteiger partial charge in [0.05, 0.1) is 6.54 Å². The number of hydrogen-bond donors (Lipinski definition) is 2. The predicted octanol–water partition coefficient (Wildman–Crippen LogP) is 1.15. The molecule has 1 aromatic carbocycles. The number of amides is 1. The van der Waals surface area contributed by atoms with Crippen molar-refractivity contribution in [1.82, 2.24) is 5.32 Å². The molecule has 0 spiro atoms. The van der Waals surface area contributed by atoms with Crippen molar-refractivity contribution in [1.29, 1.82) is 0 Å². The maximum absolute atomic E-state index is 11.4. The van der Waals surface area contributed by atoms with Crippen LogP contribution in [0.25, 0.3) is 0 Å². The fourth-order valence-electron chi connectivity index (χ4n) is 0.928. The highest BCUT2D eigenvalue weighted by atomic mass is 16.3. The zero-order valence-electron chi connectivity index (χ0n) is 7.87. The molecule has 0 atom stereocenters. The normalized spacial score (nSPS) is 8.64. The molecule has 2 N–H and O–H groups in total. The molecule has 0 aliphatic rings. The smallest absolute Gasteiger partial charge is 0.252 e. The van der Waals surface area contributed by atoms with Gasteiger partial charge in [0.1, 0.15) is 5.75 Å². The second kappa shape index (κ2) is 4.93. The summed E-state index contributed by atoms with van der Waals surface area (Å²) in [6.45, 7) is 2.06. The number of hydrogen-bond acceptors (Lipinski definition) is 2. The van der Waals surface area contributed by atoms with E-state index in [1.54, 1.807) is 19.1 Å². The summed E-state index contributed by atoms with van der Waals surface area (Å²) >= 11 is 0. The molecule has 72 valence electrons. The van der Waals surface area contributed by atoms with Crippen molar-refractivity contribution in [3.8, 4) is 17.6 Å². The SMILES string of the molecule is CC#CCNC(=O)c1ccc(O)cc1. The molecule has 0 aliphatic carbocycles. The quantitative estimate of drug-likeness (QED) is 0.685. The van der Waals surface area contributed by atoms with Crippen LogP contribution in [-0.2, 0) is 0 Å². The molecule has 14 heavy (non-hydrogen) atoms. The lowest BCUT2D eigenvalue weighted by atomic mass is 10.2. The van der Waals surface area contributed by atoms with Crippen LogP contribution in [0.3, 0.4) is 0 Å². The number of rotatable bonds is 2. The summed E-state index contributed by atoms with van der Waals surface area (Å²) in [5.74, 6) is 5.37. The minimum Gasteiger partial charge on any atom is -0.508 e. The van der Waals surface area contributed by atoms with Gasteiger partial charge >= 0.3 is 0 Å². The van der Waals surface area contributed by atoms with Crippen LogP contribution in [0, 0.1) is 11.8 Å². The Bertz CT molecular complexity index is 371. The minimum absolute atomic E-state index is 0.148. The first-order valence-electron chi connectivity index (χ1n) is 4.21. The molecule has 3 nitrogen and oxygen atoms in total. The van der Waals surface area contributed by atoms with Crippen LogP contribution in [0.4, 0.5) is 0 Å². The third-order valence-electron chi connectivity index (χ3n) is 1.64. The molecule has 1 amide bonds. The minimum atomic E-state index is -0.187. The fourth-order valence-corrected chi connectivity index (χ4v) is 0.928. The summed E-state index contributed by atoms with van der Waals surface area (Å²) in [5, 5.41) is 11.6. The van der Waals surface area contributed by atoms with Crippen LogP contribution in [0.15, 0.2) is 24.3 Å². The number of phenolic OH excluding ortho intramolecular Hbond substituents is 1. The number of benzene rings is 1. The van der Waals surface area contributed by atoms with Gasteiger partial charge in [0.25, 0.3) is 5.91 Å². The second-order valence-electron chi connectivity index (χ2n) is 2.66. The molecule has 0 aromatic heterocycles. The molecular formula is C11H11NO2. The Morgan fingerprint density at radius 2 is 2.07 bits per heavy atom. The van der Waals surface area contributed by atoms with Crippen molar-refractivity contribution < 1.29 is 9.90 Å². The lowest BCUT2D eigenvalue weighted by Gasteiger charge is -2.00. The van der Waals surface area contributed by atoms with E-state index >= 15 is 0 Å². The first-order valence-corrected chi connectivity index (χ1v) is 4.21. The van der Waals surface area contributed by atoms with Crippen LogP contribution in [0.1, 0.15) is 17.3 Å². The molecule has 0 heterocycles. The number of carbonyl (C=O) groups excluding carboxylic acids is 1. The first-order chi connectivity index (χ1) is 6.74. The summed E-state index contributed by atoms with van der Waals surface area (Å²) in [6.07, 6.45) is 0. The van der Waals surface area contributed by atoms with Crippen molar-refractivity contribution in [3.63, 3.8) is 0 Å². The van der Waals surface area contributed by atoms with Crippen LogP contribution in [0.2, 0.25) is 0 Å². The molecule has 0 fully saturated rings. The predicted molar refractivity (Wildman–Crippen MR) is 53.9 cm³/mol. The van der Waals surface area contributed by atoms with E-state index < -0.39 is 0 Å². The van der Waals surface area contributed by atoms with Gasteiger partial charge in [-0.05, 0) is 31.2 Å². The standard InChI is InChI=1S/C11H11NO2/c1-2-3-8-12-11(14)9-4-6-10(13)7-5-9/h4-7,13H,8H2,1H3,(H,12,14). The Morgan fingerprint density at radius 3 is 2.64 bits per heavy atom. The van der Waals surface area contributed by atoms with E-state index in [-0.39, 0.29) is 11.7 Å². The molecule has 1 rings (SSSR count). The van der Waals surface area contributed by atoms with Gasteiger partial charge in [0.15, 0.2) is 0 Å². The lowest BCUT2D eigenvalue weighted by molar-refractivity contribution is 0.0958. The molecule has 3 heteroatoms. The Labute approximate surface area is 82.8 Å². The van der Waals surface area contributed by atoms with E-state index in [9.17, 15) is 4.79 Å². The topological polar surface area (TPSA) is 49.3 Å². The third-order valence-corrected chi connectivity index (χ3v) is 1.64. The number of phenols is 1. The zero-order valence-corrected chi connectivity index (χ0v) is 7.87. The average molecular weight is 189 g/mol. The Morgan fingerprint density at radius 1 is 1.43 bits per heavy atom. The van der Waals surface area contributed by atoms with Gasteiger partial charge in [-0.2, -0.15) is 0 Å². The van der Waals surface area contributed by atoms with Crippen LogP contribution < -0.4 is 5.32 Å².